The zero-order valence-electron chi connectivity index (χ0n) is 15.2. The minimum atomic E-state index is -0.967. The number of carboxylic acid groups (broad SMARTS) is 1. The normalized spacial score (nSPS) is 13.7. The molecule has 0 aliphatic carbocycles. The number of hydrogen-bond donors (Lipinski definition) is 1. The highest BCUT2D eigenvalue weighted by atomic mass is 16.5. The first kappa shape index (κ1) is 17.9. The summed E-state index contributed by atoms with van der Waals surface area (Å²) in [6, 6.07) is 22.4. The smallest absolute Gasteiger partial charge is 0.335 e. The Bertz CT molecular complexity index is 1030. The van der Waals surface area contributed by atoms with Crippen LogP contribution in [0.2, 0.25) is 0 Å². The minimum absolute atomic E-state index is 0.0331. The van der Waals surface area contributed by atoms with E-state index in [-0.39, 0.29) is 18.1 Å². The molecule has 0 bridgehead atoms. The van der Waals surface area contributed by atoms with Crippen LogP contribution in [0.15, 0.2) is 72.8 Å². The standard InChI is InChI=1S/C23H19NO4/c25-22-15-28-14-20-10-9-18(17-7-4-8-19(11-17)23(26)27)12-21(20)24(22)13-16-5-2-1-3-6-16/h1-12H,13-15H2,(H,26,27). The maximum Gasteiger partial charge on any atom is 0.335 e. The van der Waals surface area contributed by atoms with Crippen molar-refractivity contribution in [1.82, 2.24) is 0 Å². The zero-order valence-corrected chi connectivity index (χ0v) is 15.2. The molecule has 1 amide bonds. The van der Waals surface area contributed by atoms with Gasteiger partial charge >= 0.3 is 5.97 Å². The molecule has 28 heavy (non-hydrogen) atoms. The molecule has 4 rings (SSSR count). The molecule has 5 nitrogen and oxygen atoms in total. The maximum absolute atomic E-state index is 12.7. The summed E-state index contributed by atoms with van der Waals surface area (Å²) >= 11 is 0. The third kappa shape index (κ3) is 3.66. The zero-order chi connectivity index (χ0) is 19.5. The molecular weight excluding hydrogens is 354 g/mol. The Morgan fingerprint density at radius 3 is 2.50 bits per heavy atom. The molecular formula is C23H19NO4. The van der Waals surface area contributed by atoms with E-state index in [1.807, 2.05) is 54.6 Å². The highest BCUT2D eigenvalue weighted by Gasteiger charge is 2.23. The Labute approximate surface area is 162 Å². The van der Waals surface area contributed by atoms with Gasteiger partial charge in [0.15, 0.2) is 0 Å². The van der Waals surface area contributed by atoms with E-state index in [0.29, 0.717) is 13.2 Å². The Morgan fingerprint density at radius 2 is 1.71 bits per heavy atom. The largest absolute Gasteiger partial charge is 0.478 e. The fraction of sp³-hybridized carbons (Fsp3) is 0.130. The Balaban J connectivity index is 1.76. The molecule has 140 valence electrons. The molecule has 0 fully saturated rings. The number of fused-ring (bicyclic) bond motifs is 1. The van der Waals surface area contributed by atoms with Crippen LogP contribution >= 0.6 is 0 Å². The number of anilines is 1. The van der Waals surface area contributed by atoms with Crippen molar-refractivity contribution in [3.8, 4) is 11.1 Å². The summed E-state index contributed by atoms with van der Waals surface area (Å²) in [6.07, 6.45) is 0. The van der Waals surface area contributed by atoms with Crippen LogP contribution in [0.25, 0.3) is 11.1 Å². The third-order valence-electron chi connectivity index (χ3n) is 4.79. The van der Waals surface area contributed by atoms with Gasteiger partial charge in [-0.3, -0.25) is 4.79 Å². The van der Waals surface area contributed by atoms with Crippen molar-refractivity contribution in [2.24, 2.45) is 0 Å². The van der Waals surface area contributed by atoms with Crippen LogP contribution in [-0.4, -0.2) is 23.6 Å². The van der Waals surface area contributed by atoms with Crippen LogP contribution in [0.3, 0.4) is 0 Å². The summed E-state index contributed by atoms with van der Waals surface area (Å²) in [5.74, 6) is -1.06. The van der Waals surface area contributed by atoms with Crippen LogP contribution in [-0.2, 0) is 22.7 Å². The van der Waals surface area contributed by atoms with E-state index in [2.05, 4.69) is 0 Å². The summed E-state index contributed by atoms with van der Waals surface area (Å²) in [5, 5.41) is 9.26. The van der Waals surface area contributed by atoms with Crippen LogP contribution in [0.5, 0.6) is 0 Å². The number of benzene rings is 3. The van der Waals surface area contributed by atoms with E-state index in [9.17, 15) is 14.7 Å². The van der Waals surface area contributed by atoms with Gasteiger partial charge in [-0.15, -0.1) is 0 Å². The van der Waals surface area contributed by atoms with Gasteiger partial charge in [0.25, 0.3) is 5.91 Å². The quantitative estimate of drug-likeness (QED) is 0.747. The molecule has 0 radical (unpaired) electrons. The highest BCUT2D eigenvalue weighted by molar-refractivity contribution is 5.96. The lowest BCUT2D eigenvalue weighted by Gasteiger charge is -2.23. The molecule has 0 saturated heterocycles. The lowest BCUT2D eigenvalue weighted by molar-refractivity contribution is -0.123. The molecule has 3 aromatic carbocycles. The molecule has 1 aliphatic heterocycles. The van der Waals surface area contributed by atoms with Gasteiger partial charge in [0, 0.05) is 5.56 Å². The number of carboxylic acids is 1. The van der Waals surface area contributed by atoms with Crippen molar-refractivity contribution in [3.63, 3.8) is 0 Å². The van der Waals surface area contributed by atoms with Gasteiger partial charge in [-0.25, -0.2) is 4.79 Å². The molecule has 3 aromatic rings. The fourth-order valence-corrected chi connectivity index (χ4v) is 3.35. The van der Waals surface area contributed by atoms with Crippen molar-refractivity contribution >= 4 is 17.6 Å². The van der Waals surface area contributed by atoms with Gasteiger partial charge < -0.3 is 14.7 Å². The summed E-state index contributed by atoms with van der Waals surface area (Å²) in [5.41, 5.74) is 4.63. The first-order valence-electron chi connectivity index (χ1n) is 9.00. The second-order valence-electron chi connectivity index (χ2n) is 6.69. The molecule has 0 aromatic heterocycles. The summed E-state index contributed by atoms with van der Waals surface area (Å²) < 4.78 is 5.53. The average Bonchev–Trinajstić information content (AvgIpc) is 2.87. The molecule has 0 unspecified atom stereocenters. The lowest BCUT2D eigenvalue weighted by Crippen LogP contribution is -2.32. The van der Waals surface area contributed by atoms with Crippen molar-refractivity contribution in [3.05, 3.63) is 89.5 Å². The number of aromatic carboxylic acids is 1. The SMILES string of the molecule is O=C(O)c1cccc(-c2ccc3c(c2)N(Cc2ccccc2)C(=O)COC3)c1. The van der Waals surface area contributed by atoms with Gasteiger partial charge in [-0.1, -0.05) is 54.6 Å². The van der Waals surface area contributed by atoms with E-state index in [4.69, 9.17) is 4.74 Å². The van der Waals surface area contributed by atoms with Crippen LogP contribution in [0.4, 0.5) is 5.69 Å². The molecule has 0 saturated carbocycles. The summed E-state index contributed by atoms with van der Waals surface area (Å²) in [4.78, 5) is 25.7. The van der Waals surface area contributed by atoms with Crippen molar-refractivity contribution < 1.29 is 19.4 Å². The number of rotatable bonds is 4. The molecule has 0 atom stereocenters. The number of nitrogens with zero attached hydrogens (tertiary/aromatic N) is 1. The number of hydrogen-bond acceptors (Lipinski definition) is 3. The summed E-state index contributed by atoms with van der Waals surface area (Å²) in [6.45, 7) is 0.849. The molecule has 0 spiro atoms. The van der Waals surface area contributed by atoms with Crippen LogP contribution < -0.4 is 4.90 Å². The first-order chi connectivity index (χ1) is 13.6. The van der Waals surface area contributed by atoms with Crippen molar-refractivity contribution in [2.75, 3.05) is 11.5 Å². The molecule has 1 N–H and O–H groups in total. The summed E-state index contributed by atoms with van der Waals surface area (Å²) in [7, 11) is 0. The van der Waals surface area contributed by atoms with Gasteiger partial charge in [0.1, 0.15) is 6.61 Å². The number of ether oxygens (including phenoxy) is 1. The van der Waals surface area contributed by atoms with Gasteiger partial charge in [0.2, 0.25) is 0 Å². The predicted octanol–water partition coefficient (Wildman–Crippen LogP) is 4.12. The number of carbonyl (C=O) groups is 2. The fourth-order valence-electron chi connectivity index (χ4n) is 3.35. The Kier molecular flexibility index (Phi) is 4.91. The number of amides is 1. The monoisotopic (exact) mass is 373 g/mol. The highest BCUT2D eigenvalue weighted by Crippen LogP contribution is 2.32. The first-order valence-corrected chi connectivity index (χ1v) is 9.00. The van der Waals surface area contributed by atoms with Gasteiger partial charge in [-0.2, -0.15) is 0 Å². The second kappa shape index (κ2) is 7.66. The minimum Gasteiger partial charge on any atom is -0.478 e. The molecule has 5 heteroatoms. The molecule has 1 heterocycles. The van der Waals surface area contributed by atoms with E-state index in [1.165, 1.54) is 0 Å². The van der Waals surface area contributed by atoms with Gasteiger partial charge in [0.05, 0.1) is 24.4 Å². The Hall–Kier alpha value is -3.44. The van der Waals surface area contributed by atoms with E-state index in [0.717, 1.165) is 27.9 Å². The van der Waals surface area contributed by atoms with Crippen molar-refractivity contribution in [1.29, 1.82) is 0 Å². The number of carbonyl (C=O) groups excluding carboxylic acids is 1. The maximum atomic E-state index is 12.7. The van der Waals surface area contributed by atoms with E-state index < -0.39 is 5.97 Å². The second-order valence-corrected chi connectivity index (χ2v) is 6.69. The molecule has 1 aliphatic rings. The van der Waals surface area contributed by atoms with E-state index in [1.54, 1.807) is 23.1 Å². The predicted molar refractivity (Wildman–Crippen MR) is 106 cm³/mol. The Morgan fingerprint density at radius 1 is 0.929 bits per heavy atom. The van der Waals surface area contributed by atoms with Crippen LogP contribution in [0.1, 0.15) is 21.5 Å². The third-order valence-corrected chi connectivity index (χ3v) is 4.79. The topological polar surface area (TPSA) is 66.8 Å². The van der Waals surface area contributed by atoms with Crippen molar-refractivity contribution in [2.45, 2.75) is 13.2 Å². The van der Waals surface area contributed by atoms with Crippen LogP contribution in [0, 0.1) is 0 Å². The van der Waals surface area contributed by atoms with Gasteiger partial charge in [-0.05, 0) is 34.9 Å². The van der Waals surface area contributed by atoms with E-state index >= 15 is 0 Å². The lowest BCUT2D eigenvalue weighted by atomic mass is 10.00. The average molecular weight is 373 g/mol.